The molecule has 1 aromatic rings. The van der Waals surface area contributed by atoms with Crippen LogP contribution in [0.4, 0.5) is 0 Å². The second-order valence-electron chi connectivity index (χ2n) is 4.86. The van der Waals surface area contributed by atoms with Gasteiger partial charge in [-0.1, -0.05) is 29.8 Å². The topological polar surface area (TPSA) is 36.4 Å². The third kappa shape index (κ3) is 10.0. The maximum absolute atomic E-state index is 4.24. The van der Waals surface area contributed by atoms with Crippen molar-refractivity contribution in [3.63, 3.8) is 0 Å². The Labute approximate surface area is 150 Å². The number of guanidine groups is 1. The largest absolute Gasteiger partial charge is 0.356 e. The average molecular weight is 421 g/mol. The lowest BCUT2D eigenvalue weighted by Crippen LogP contribution is -2.38. The Balaban J connectivity index is 0.00000400. The summed E-state index contributed by atoms with van der Waals surface area (Å²) in [5.41, 5.74) is 2.67. The first-order chi connectivity index (χ1) is 9.76. The van der Waals surface area contributed by atoms with Crippen LogP contribution in [0.1, 0.15) is 24.0 Å². The lowest BCUT2D eigenvalue weighted by molar-refractivity contribution is 0.730. The molecule has 0 heterocycles. The van der Waals surface area contributed by atoms with E-state index in [0.29, 0.717) is 0 Å². The zero-order valence-electron chi connectivity index (χ0n) is 13.3. The van der Waals surface area contributed by atoms with E-state index in [-0.39, 0.29) is 24.0 Å². The first-order valence-corrected chi connectivity index (χ1v) is 8.64. The smallest absolute Gasteiger partial charge is 0.190 e. The summed E-state index contributed by atoms with van der Waals surface area (Å²) in [6.45, 7) is 4.02. The van der Waals surface area contributed by atoms with Crippen LogP contribution >= 0.6 is 35.7 Å². The highest BCUT2D eigenvalue weighted by atomic mass is 127. The molecule has 0 saturated carbocycles. The molecule has 1 rings (SSSR count). The Hall–Kier alpha value is -0.430. The Kier molecular flexibility index (Phi) is 13.0. The normalized spacial score (nSPS) is 10.9. The number of nitrogens with zero attached hydrogens (tertiary/aromatic N) is 1. The van der Waals surface area contributed by atoms with Crippen molar-refractivity contribution in [3.05, 3.63) is 35.4 Å². The molecule has 0 unspecified atom stereocenters. The van der Waals surface area contributed by atoms with E-state index in [1.165, 1.54) is 29.7 Å². The van der Waals surface area contributed by atoms with Crippen LogP contribution < -0.4 is 10.6 Å². The SMILES string of the molecule is CN=C(NCCCCSC)NCCc1ccc(C)cc1.I. The van der Waals surface area contributed by atoms with Gasteiger partial charge in [-0.3, -0.25) is 4.99 Å². The maximum atomic E-state index is 4.24. The van der Waals surface area contributed by atoms with Gasteiger partial charge in [0, 0.05) is 20.1 Å². The summed E-state index contributed by atoms with van der Waals surface area (Å²) < 4.78 is 0. The molecule has 0 aliphatic rings. The summed E-state index contributed by atoms with van der Waals surface area (Å²) in [4.78, 5) is 4.24. The van der Waals surface area contributed by atoms with E-state index in [0.717, 1.165) is 25.5 Å². The standard InChI is InChI=1S/C16H27N3S.HI/c1-14-6-8-15(9-7-14)10-12-19-16(17-2)18-11-4-5-13-20-3;/h6-9H,4-5,10-13H2,1-3H3,(H2,17,18,19);1H. The summed E-state index contributed by atoms with van der Waals surface area (Å²) in [6, 6.07) is 8.70. The maximum Gasteiger partial charge on any atom is 0.190 e. The number of hydrogen-bond acceptors (Lipinski definition) is 2. The van der Waals surface area contributed by atoms with Gasteiger partial charge in [0.2, 0.25) is 0 Å². The molecule has 0 atom stereocenters. The minimum Gasteiger partial charge on any atom is -0.356 e. The number of halogens is 1. The molecule has 2 N–H and O–H groups in total. The Morgan fingerprint density at radius 3 is 2.38 bits per heavy atom. The van der Waals surface area contributed by atoms with Gasteiger partial charge in [0.25, 0.3) is 0 Å². The molecule has 0 bridgehead atoms. The lowest BCUT2D eigenvalue weighted by atomic mass is 10.1. The van der Waals surface area contributed by atoms with Gasteiger partial charge >= 0.3 is 0 Å². The fourth-order valence-corrected chi connectivity index (χ4v) is 2.37. The molecule has 0 aromatic heterocycles. The van der Waals surface area contributed by atoms with Crippen molar-refractivity contribution < 1.29 is 0 Å². The molecule has 0 spiro atoms. The van der Waals surface area contributed by atoms with Crippen molar-refractivity contribution in [1.29, 1.82) is 0 Å². The van der Waals surface area contributed by atoms with E-state index >= 15 is 0 Å². The predicted molar refractivity (Wildman–Crippen MR) is 107 cm³/mol. The van der Waals surface area contributed by atoms with Crippen LogP contribution in [0.3, 0.4) is 0 Å². The number of hydrogen-bond donors (Lipinski definition) is 2. The van der Waals surface area contributed by atoms with E-state index in [4.69, 9.17) is 0 Å². The van der Waals surface area contributed by atoms with Crippen molar-refractivity contribution in [2.75, 3.05) is 32.1 Å². The molecular weight excluding hydrogens is 393 g/mol. The van der Waals surface area contributed by atoms with Gasteiger partial charge < -0.3 is 10.6 Å². The molecule has 0 radical (unpaired) electrons. The second-order valence-corrected chi connectivity index (χ2v) is 5.85. The summed E-state index contributed by atoms with van der Waals surface area (Å²) in [6.07, 6.45) is 5.63. The number of unbranched alkanes of at least 4 members (excludes halogenated alkanes) is 1. The van der Waals surface area contributed by atoms with Gasteiger partial charge in [0.05, 0.1) is 0 Å². The third-order valence-electron chi connectivity index (χ3n) is 3.12. The highest BCUT2D eigenvalue weighted by Gasteiger charge is 1.97. The Morgan fingerprint density at radius 2 is 1.76 bits per heavy atom. The average Bonchev–Trinajstić information content (AvgIpc) is 2.47. The zero-order valence-corrected chi connectivity index (χ0v) is 16.5. The highest BCUT2D eigenvalue weighted by molar-refractivity contribution is 14.0. The van der Waals surface area contributed by atoms with Crippen LogP contribution in [0.5, 0.6) is 0 Å². The molecule has 0 aliphatic heterocycles. The molecule has 3 nitrogen and oxygen atoms in total. The second kappa shape index (κ2) is 13.2. The molecule has 5 heteroatoms. The van der Waals surface area contributed by atoms with E-state index < -0.39 is 0 Å². The van der Waals surface area contributed by atoms with Gasteiger partial charge in [-0.2, -0.15) is 11.8 Å². The number of aliphatic imine (C=N–C) groups is 1. The molecule has 21 heavy (non-hydrogen) atoms. The van der Waals surface area contributed by atoms with E-state index in [1.807, 2.05) is 18.8 Å². The van der Waals surface area contributed by atoms with Crippen molar-refractivity contribution in [2.45, 2.75) is 26.2 Å². The number of benzene rings is 1. The summed E-state index contributed by atoms with van der Waals surface area (Å²) >= 11 is 1.91. The van der Waals surface area contributed by atoms with Crippen molar-refractivity contribution in [3.8, 4) is 0 Å². The molecule has 1 aromatic carbocycles. The van der Waals surface area contributed by atoms with Gasteiger partial charge in [-0.05, 0) is 43.8 Å². The Bertz CT molecular complexity index is 393. The summed E-state index contributed by atoms with van der Waals surface area (Å²) in [7, 11) is 1.82. The fourth-order valence-electron chi connectivity index (χ4n) is 1.88. The van der Waals surface area contributed by atoms with E-state index in [2.05, 4.69) is 53.1 Å². The van der Waals surface area contributed by atoms with E-state index in [1.54, 1.807) is 0 Å². The van der Waals surface area contributed by atoms with Gasteiger partial charge in [0.1, 0.15) is 0 Å². The first kappa shape index (κ1) is 20.6. The fraction of sp³-hybridized carbons (Fsp3) is 0.562. The molecule has 0 amide bonds. The van der Waals surface area contributed by atoms with Crippen molar-refractivity contribution >= 4 is 41.7 Å². The number of nitrogens with one attached hydrogen (secondary N) is 2. The zero-order chi connectivity index (χ0) is 14.6. The van der Waals surface area contributed by atoms with Crippen LogP contribution in [0.2, 0.25) is 0 Å². The Morgan fingerprint density at radius 1 is 1.10 bits per heavy atom. The van der Waals surface area contributed by atoms with Gasteiger partial charge in [-0.25, -0.2) is 0 Å². The molecule has 0 fully saturated rings. The monoisotopic (exact) mass is 421 g/mol. The molecule has 120 valence electrons. The molecular formula is C16H28IN3S. The minimum absolute atomic E-state index is 0. The van der Waals surface area contributed by atoms with Gasteiger partial charge in [-0.15, -0.1) is 24.0 Å². The molecule has 0 aliphatic carbocycles. The van der Waals surface area contributed by atoms with Crippen LogP contribution in [0.25, 0.3) is 0 Å². The number of aryl methyl sites for hydroxylation is 1. The quantitative estimate of drug-likeness (QED) is 0.292. The lowest BCUT2D eigenvalue weighted by Gasteiger charge is -2.11. The highest BCUT2D eigenvalue weighted by Crippen LogP contribution is 2.03. The van der Waals surface area contributed by atoms with E-state index in [9.17, 15) is 0 Å². The van der Waals surface area contributed by atoms with Crippen molar-refractivity contribution in [1.82, 2.24) is 10.6 Å². The number of rotatable bonds is 8. The third-order valence-corrected chi connectivity index (χ3v) is 3.81. The van der Waals surface area contributed by atoms with Crippen LogP contribution in [-0.4, -0.2) is 38.1 Å². The number of thioether (sulfide) groups is 1. The van der Waals surface area contributed by atoms with Crippen LogP contribution in [0.15, 0.2) is 29.3 Å². The summed E-state index contributed by atoms with van der Waals surface area (Å²) in [5.74, 6) is 2.14. The van der Waals surface area contributed by atoms with Crippen molar-refractivity contribution in [2.24, 2.45) is 4.99 Å². The first-order valence-electron chi connectivity index (χ1n) is 7.25. The minimum atomic E-state index is 0. The predicted octanol–water partition coefficient (Wildman–Crippen LogP) is 3.46. The molecule has 0 saturated heterocycles. The van der Waals surface area contributed by atoms with Gasteiger partial charge in [0.15, 0.2) is 5.96 Å². The summed E-state index contributed by atoms with van der Waals surface area (Å²) in [5, 5.41) is 6.71. The van der Waals surface area contributed by atoms with Crippen LogP contribution in [0, 0.1) is 6.92 Å². The van der Waals surface area contributed by atoms with Crippen LogP contribution in [-0.2, 0) is 6.42 Å².